The lowest BCUT2D eigenvalue weighted by atomic mass is 10.1. The minimum Gasteiger partial charge on any atom is -0.301 e. The summed E-state index contributed by atoms with van der Waals surface area (Å²) >= 11 is 0. The van der Waals surface area contributed by atoms with E-state index in [1.165, 1.54) is 0 Å². The van der Waals surface area contributed by atoms with Crippen molar-refractivity contribution in [3.05, 3.63) is 5.82 Å². The summed E-state index contributed by atoms with van der Waals surface area (Å²) in [6.45, 7) is 6.65. The molecule has 0 spiro atoms. The lowest BCUT2D eigenvalue weighted by molar-refractivity contribution is 0.520. The molecule has 98 valence electrons. The maximum absolute atomic E-state index is 11.4. The number of halogens is 1. The van der Waals surface area contributed by atoms with E-state index in [0.717, 1.165) is 19.3 Å². The topological polar surface area (TPSA) is 64.8 Å². The molecule has 1 heterocycles. The van der Waals surface area contributed by atoms with Crippen LogP contribution in [0.1, 0.15) is 51.8 Å². The number of nitrogens with zero attached hydrogens (tertiary/aromatic N) is 3. The summed E-state index contributed by atoms with van der Waals surface area (Å²) in [6, 6.07) is 0. The van der Waals surface area contributed by atoms with Gasteiger partial charge >= 0.3 is 0 Å². The highest BCUT2D eigenvalue weighted by molar-refractivity contribution is 8.13. The molecule has 0 radical (unpaired) electrons. The molecule has 1 unspecified atom stereocenters. The van der Waals surface area contributed by atoms with Crippen LogP contribution in [0.5, 0.6) is 0 Å². The molecule has 0 aliphatic rings. The van der Waals surface area contributed by atoms with Crippen LogP contribution in [0.3, 0.4) is 0 Å². The van der Waals surface area contributed by atoms with Gasteiger partial charge in [0.25, 0.3) is 14.2 Å². The maximum atomic E-state index is 11.4. The lowest BCUT2D eigenvalue weighted by Crippen LogP contribution is -2.11. The van der Waals surface area contributed by atoms with Crippen molar-refractivity contribution in [2.45, 2.75) is 57.7 Å². The Morgan fingerprint density at radius 1 is 1.35 bits per heavy atom. The van der Waals surface area contributed by atoms with E-state index in [4.69, 9.17) is 10.7 Å². The zero-order valence-electron chi connectivity index (χ0n) is 10.4. The van der Waals surface area contributed by atoms with E-state index in [-0.39, 0.29) is 11.1 Å². The second kappa shape index (κ2) is 5.82. The van der Waals surface area contributed by atoms with E-state index >= 15 is 0 Å². The van der Waals surface area contributed by atoms with Crippen LogP contribution < -0.4 is 0 Å². The Labute approximate surface area is 107 Å². The molecule has 0 saturated heterocycles. The van der Waals surface area contributed by atoms with E-state index < -0.39 is 9.05 Å². The van der Waals surface area contributed by atoms with Crippen LogP contribution in [-0.2, 0) is 15.6 Å². The zero-order valence-corrected chi connectivity index (χ0v) is 11.9. The van der Waals surface area contributed by atoms with E-state index in [1.807, 2.05) is 20.8 Å². The van der Waals surface area contributed by atoms with Gasteiger partial charge in [0, 0.05) is 23.1 Å². The molecule has 0 fully saturated rings. The molecule has 17 heavy (non-hydrogen) atoms. The maximum Gasteiger partial charge on any atom is 0.296 e. The monoisotopic (exact) mass is 279 g/mol. The summed E-state index contributed by atoms with van der Waals surface area (Å²) < 4.78 is 24.4. The Morgan fingerprint density at radius 3 is 2.47 bits per heavy atom. The van der Waals surface area contributed by atoms with Crippen molar-refractivity contribution in [2.24, 2.45) is 0 Å². The van der Waals surface area contributed by atoms with Crippen molar-refractivity contribution >= 4 is 19.7 Å². The summed E-state index contributed by atoms with van der Waals surface area (Å²) in [7, 11) is 1.53. The van der Waals surface area contributed by atoms with E-state index in [2.05, 4.69) is 10.2 Å². The molecular weight excluding hydrogens is 262 g/mol. The Morgan fingerprint density at radius 2 is 2.00 bits per heavy atom. The molecule has 1 aromatic heterocycles. The van der Waals surface area contributed by atoms with Crippen LogP contribution in [0.15, 0.2) is 5.16 Å². The minimum absolute atomic E-state index is 0.136. The lowest BCUT2D eigenvalue weighted by Gasteiger charge is -2.11. The fraction of sp³-hybridized carbons (Fsp3) is 0.800. The Balaban J connectivity index is 3.20. The van der Waals surface area contributed by atoms with Gasteiger partial charge in [0.1, 0.15) is 5.82 Å². The SMILES string of the molecule is CCCCn1c(C(C)CC)nnc1S(=O)(=O)Cl. The van der Waals surface area contributed by atoms with Gasteiger partial charge in [0.05, 0.1) is 0 Å². The van der Waals surface area contributed by atoms with Crippen molar-refractivity contribution in [3.63, 3.8) is 0 Å². The fourth-order valence-electron chi connectivity index (χ4n) is 1.55. The number of aromatic nitrogens is 3. The van der Waals surface area contributed by atoms with Gasteiger partial charge in [0.2, 0.25) is 0 Å². The van der Waals surface area contributed by atoms with Crippen LogP contribution in [0.25, 0.3) is 0 Å². The molecule has 0 aliphatic heterocycles. The predicted molar refractivity (Wildman–Crippen MR) is 66.7 cm³/mol. The van der Waals surface area contributed by atoms with E-state index in [9.17, 15) is 8.42 Å². The standard InChI is InChI=1S/C10H18ClN3O2S/c1-4-6-7-14-9(8(3)5-2)12-13-10(14)17(11,15)16/h8H,4-7H2,1-3H3. The number of hydrogen-bond donors (Lipinski definition) is 0. The third-order valence-electron chi connectivity index (χ3n) is 2.75. The first-order valence-corrected chi connectivity index (χ1v) is 8.10. The highest BCUT2D eigenvalue weighted by Gasteiger charge is 2.24. The summed E-state index contributed by atoms with van der Waals surface area (Å²) in [6.07, 6.45) is 2.73. The second-order valence-corrected chi connectivity index (χ2v) is 6.55. The van der Waals surface area contributed by atoms with E-state index in [0.29, 0.717) is 12.4 Å². The van der Waals surface area contributed by atoms with Gasteiger partial charge in [-0.15, -0.1) is 10.2 Å². The molecule has 7 heteroatoms. The average molecular weight is 280 g/mol. The third-order valence-corrected chi connectivity index (χ3v) is 3.90. The fourth-order valence-corrected chi connectivity index (χ4v) is 2.48. The molecule has 0 N–H and O–H groups in total. The van der Waals surface area contributed by atoms with Gasteiger partial charge in [-0.2, -0.15) is 0 Å². The van der Waals surface area contributed by atoms with Crippen molar-refractivity contribution in [1.29, 1.82) is 0 Å². The molecule has 0 amide bonds. The van der Waals surface area contributed by atoms with Gasteiger partial charge in [-0.05, 0) is 12.8 Å². The smallest absolute Gasteiger partial charge is 0.296 e. The second-order valence-electron chi connectivity index (χ2n) is 4.09. The molecular formula is C10H18ClN3O2S. The highest BCUT2D eigenvalue weighted by atomic mass is 35.7. The van der Waals surface area contributed by atoms with Gasteiger partial charge < -0.3 is 4.57 Å². The molecule has 1 rings (SSSR count). The molecule has 1 aromatic rings. The van der Waals surface area contributed by atoms with E-state index in [1.54, 1.807) is 4.57 Å². The highest BCUT2D eigenvalue weighted by Crippen LogP contribution is 2.22. The third kappa shape index (κ3) is 3.42. The van der Waals surface area contributed by atoms with Crippen LogP contribution >= 0.6 is 10.7 Å². The van der Waals surface area contributed by atoms with Crippen LogP contribution in [-0.4, -0.2) is 23.2 Å². The largest absolute Gasteiger partial charge is 0.301 e. The van der Waals surface area contributed by atoms with Crippen molar-refractivity contribution < 1.29 is 8.42 Å². The number of unbranched alkanes of at least 4 members (excludes halogenated alkanes) is 1. The minimum atomic E-state index is -3.82. The average Bonchev–Trinajstić information content (AvgIpc) is 2.68. The summed E-state index contributed by atoms with van der Waals surface area (Å²) in [4.78, 5) is 0. The van der Waals surface area contributed by atoms with Crippen molar-refractivity contribution in [2.75, 3.05) is 0 Å². The first-order chi connectivity index (χ1) is 7.91. The molecule has 0 aromatic carbocycles. The van der Waals surface area contributed by atoms with Gasteiger partial charge in [-0.3, -0.25) is 0 Å². The van der Waals surface area contributed by atoms with Crippen molar-refractivity contribution in [1.82, 2.24) is 14.8 Å². The molecule has 1 atom stereocenters. The quantitative estimate of drug-likeness (QED) is 0.751. The van der Waals surface area contributed by atoms with Gasteiger partial charge in [-0.1, -0.05) is 27.2 Å². The van der Waals surface area contributed by atoms with Crippen LogP contribution in [0.2, 0.25) is 0 Å². The Kier molecular flexibility index (Phi) is 4.94. The van der Waals surface area contributed by atoms with Crippen LogP contribution in [0.4, 0.5) is 0 Å². The zero-order chi connectivity index (χ0) is 13.1. The van der Waals surface area contributed by atoms with Crippen LogP contribution in [0, 0.1) is 0 Å². The Hall–Kier alpha value is -0.620. The number of rotatable bonds is 6. The normalized spacial score (nSPS) is 13.9. The van der Waals surface area contributed by atoms with Gasteiger partial charge in [-0.25, -0.2) is 8.42 Å². The summed E-state index contributed by atoms with van der Waals surface area (Å²) in [5.41, 5.74) is 0. The molecule has 0 aliphatic carbocycles. The first-order valence-electron chi connectivity index (χ1n) is 5.79. The molecule has 0 bridgehead atoms. The van der Waals surface area contributed by atoms with Crippen molar-refractivity contribution in [3.8, 4) is 0 Å². The van der Waals surface area contributed by atoms with Gasteiger partial charge in [0.15, 0.2) is 0 Å². The summed E-state index contributed by atoms with van der Waals surface area (Å²) in [5, 5.41) is 7.52. The number of hydrogen-bond acceptors (Lipinski definition) is 4. The first kappa shape index (κ1) is 14.4. The predicted octanol–water partition coefficient (Wildman–Crippen LogP) is 2.52. The summed E-state index contributed by atoms with van der Waals surface area (Å²) in [5.74, 6) is 0.867. The molecule has 0 saturated carbocycles. The Bertz CT molecular complexity index is 470. The molecule has 5 nitrogen and oxygen atoms in total.